The molecule has 0 bridgehead atoms. The van der Waals surface area contributed by atoms with Crippen LogP contribution in [0.2, 0.25) is 0 Å². The highest BCUT2D eigenvalue weighted by Crippen LogP contribution is 2.33. The zero-order valence-corrected chi connectivity index (χ0v) is 13.1. The first-order valence-electron chi connectivity index (χ1n) is 7.42. The van der Waals surface area contributed by atoms with E-state index in [1.807, 2.05) is 48.5 Å². The summed E-state index contributed by atoms with van der Waals surface area (Å²) in [5.74, 6) is 1.01. The Hall–Kier alpha value is -1.78. The molecule has 0 aliphatic carbocycles. The van der Waals surface area contributed by atoms with Gasteiger partial charge in [0.05, 0.1) is 24.4 Å². The fourth-order valence-electron chi connectivity index (χ4n) is 2.53. The quantitative estimate of drug-likeness (QED) is 0.833. The van der Waals surface area contributed by atoms with Gasteiger partial charge >= 0.3 is 0 Å². The van der Waals surface area contributed by atoms with Crippen molar-refractivity contribution in [2.75, 3.05) is 6.54 Å². The summed E-state index contributed by atoms with van der Waals surface area (Å²) >= 11 is 1.76. The van der Waals surface area contributed by atoms with Crippen molar-refractivity contribution in [2.45, 2.75) is 23.7 Å². The summed E-state index contributed by atoms with van der Waals surface area (Å²) in [5, 5.41) is 10.4. The monoisotopic (exact) mass is 313 g/mol. The second-order valence-electron chi connectivity index (χ2n) is 5.43. The number of hydrogen-bond acceptors (Lipinski definition) is 3. The first-order chi connectivity index (χ1) is 10.7. The first kappa shape index (κ1) is 15.1. The molecule has 1 heterocycles. The van der Waals surface area contributed by atoms with Gasteiger partial charge in [0.2, 0.25) is 5.91 Å². The lowest BCUT2D eigenvalue weighted by atomic mass is 10.1. The molecular weight excluding hydrogens is 294 g/mol. The second-order valence-corrected chi connectivity index (χ2v) is 6.59. The van der Waals surface area contributed by atoms with E-state index in [0.29, 0.717) is 13.0 Å². The van der Waals surface area contributed by atoms with Crippen molar-refractivity contribution < 1.29 is 9.90 Å². The van der Waals surface area contributed by atoms with Gasteiger partial charge in [0.1, 0.15) is 0 Å². The van der Waals surface area contributed by atoms with Crippen LogP contribution in [-0.2, 0) is 10.5 Å². The number of rotatable bonds is 6. The van der Waals surface area contributed by atoms with E-state index >= 15 is 0 Å². The number of β-lactam (4-membered cyclic amide) rings is 1. The molecule has 0 radical (unpaired) electrons. The molecule has 1 amide bonds. The van der Waals surface area contributed by atoms with Crippen LogP contribution in [0.15, 0.2) is 60.7 Å². The van der Waals surface area contributed by atoms with Crippen LogP contribution in [0, 0.1) is 0 Å². The maximum Gasteiger partial charge on any atom is 0.226 e. The van der Waals surface area contributed by atoms with Crippen molar-refractivity contribution in [1.82, 2.24) is 4.90 Å². The summed E-state index contributed by atoms with van der Waals surface area (Å²) in [7, 11) is 0. The van der Waals surface area contributed by atoms with E-state index in [9.17, 15) is 9.90 Å². The zero-order valence-electron chi connectivity index (χ0n) is 12.3. The van der Waals surface area contributed by atoms with Crippen LogP contribution < -0.4 is 0 Å². The smallest absolute Gasteiger partial charge is 0.226 e. The van der Waals surface area contributed by atoms with Gasteiger partial charge in [0.25, 0.3) is 0 Å². The molecule has 2 unspecified atom stereocenters. The Labute approximate surface area is 135 Å². The van der Waals surface area contributed by atoms with Crippen LogP contribution in [-0.4, -0.2) is 27.8 Å². The third kappa shape index (κ3) is 3.51. The van der Waals surface area contributed by atoms with E-state index < -0.39 is 6.10 Å². The van der Waals surface area contributed by atoms with Crippen molar-refractivity contribution >= 4 is 17.7 Å². The zero-order chi connectivity index (χ0) is 15.4. The van der Waals surface area contributed by atoms with Gasteiger partial charge in [0.15, 0.2) is 0 Å². The number of carbonyl (C=O) groups is 1. The van der Waals surface area contributed by atoms with E-state index in [1.165, 1.54) is 5.56 Å². The minimum Gasteiger partial charge on any atom is -0.387 e. The van der Waals surface area contributed by atoms with Crippen molar-refractivity contribution in [3.63, 3.8) is 0 Å². The molecule has 0 aromatic heterocycles. The molecule has 0 saturated carbocycles. The highest BCUT2D eigenvalue weighted by Gasteiger charge is 2.37. The summed E-state index contributed by atoms with van der Waals surface area (Å²) in [6.07, 6.45) is -0.0517. The lowest BCUT2D eigenvalue weighted by Crippen LogP contribution is -2.52. The highest BCUT2D eigenvalue weighted by molar-refractivity contribution is 7.99. The summed E-state index contributed by atoms with van der Waals surface area (Å²) in [5.41, 5.74) is 2.12. The minimum atomic E-state index is -0.620. The number of amides is 1. The van der Waals surface area contributed by atoms with E-state index in [-0.39, 0.29) is 11.3 Å². The summed E-state index contributed by atoms with van der Waals surface area (Å²) in [6.45, 7) is 0.370. The lowest BCUT2D eigenvalue weighted by molar-refractivity contribution is -0.143. The molecule has 1 fully saturated rings. The Morgan fingerprint density at radius 2 is 1.73 bits per heavy atom. The van der Waals surface area contributed by atoms with Crippen molar-refractivity contribution in [3.05, 3.63) is 71.8 Å². The molecule has 2 atom stereocenters. The molecule has 1 aliphatic rings. The lowest BCUT2D eigenvalue weighted by Gasteiger charge is -2.41. The maximum absolute atomic E-state index is 11.8. The number of aliphatic hydroxyl groups is 1. The van der Waals surface area contributed by atoms with Crippen LogP contribution in [0.5, 0.6) is 0 Å². The van der Waals surface area contributed by atoms with Gasteiger partial charge in [0, 0.05) is 5.75 Å². The standard InChI is InChI=1S/C18H19NO2S/c20-16(15-9-5-2-6-10-15)12-19-17(21)11-18(19)22-13-14-7-3-1-4-8-14/h1-10,16,18,20H,11-13H2. The highest BCUT2D eigenvalue weighted by atomic mass is 32.2. The molecule has 0 spiro atoms. The van der Waals surface area contributed by atoms with Gasteiger partial charge in [-0.25, -0.2) is 0 Å². The molecule has 3 nitrogen and oxygen atoms in total. The molecule has 3 rings (SSSR count). The normalized spacial score (nSPS) is 18.9. The Kier molecular flexibility index (Phi) is 4.80. The molecule has 2 aromatic carbocycles. The average molecular weight is 313 g/mol. The van der Waals surface area contributed by atoms with Crippen molar-refractivity contribution in [2.24, 2.45) is 0 Å². The molecule has 2 aromatic rings. The second kappa shape index (κ2) is 6.99. The summed E-state index contributed by atoms with van der Waals surface area (Å²) in [6, 6.07) is 19.7. The Balaban J connectivity index is 1.55. The topological polar surface area (TPSA) is 40.5 Å². The maximum atomic E-state index is 11.8. The largest absolute Gasteiger partial charge is 0.387 e. The number of thioether (sulfide) groups is 1. The molecule has 1 N–H and O–H groups in total. The van der Waals surface area contributed by atoms with Crippen molar-refractivity contribution in [3.8, 4) is 0 Å². The van der Waals surface area contributed by atoms with E-state index in [1.54, 1.807) is 16.7 Å². The number of benzene rings is 2. The number of carbonyl (C=O) groups excluding carboxylic acids is 1. The number of nitrogens with zero attached hydrogens (tertiary/aromatic N) is 1. The van der Waals surface area contributed by atoms with Crippen LogP contribution in [0.4, 0.5) is 0 Å². The number of hydrogen-bond donors (Lipinski definition) is 1. The molecule has 114 valence electrons. The Bertz CT molecular complexity index is 617. The first-order valence-corrected chi connectivity index (χ1v) is 8.47. The van der Waals surface area contributed by atoms with Crippen LogP contribution in [0.25, 0.3) is 0 Å². The Morgan fingerprint density at radius 3 is 2.36 bits per heavy atom. The molecule has 1 saturated heterocycles. The predicted molar refractivity (Wildman–Crippen MR) is 89.3 cm³/mol. The minimum absolute atomic E-state index is 0.126. The van der Waals surface area contributed by atoms with Gasteiger partial charge < -0.3 is 10.0 Å². The number of β-amino-alcohol motifs (C(OH)–C–C–N with tert-alkyl or cyclic N) is 1. The fraction of sp³-hybridized carbons (Fsp3) is 0.278. The predicted octanol–water partition coefficient (Wildman–Crippen LogP) is 3.21. The van der Waals surface area contributed by atoms with E-state index in [0.717, 1.165) is 11.3 Å². The van der Waals surface area contributed by atoms with Gasteiger partial charge in [-0.3, -0.25) is 4.79 Å². The van der Waals surface area contributed by atoms with Crippen molar-refractivity contribution in [1.29, 1.82) is 0 Å². The van der Waals surface area contributed by atoms with Gasteiger partial charge in [-0.2, -0.15) is 0 Å². The van der Waals surface area contributed by atoms with Gasteiger partial charge in [-0.15, -0.1) is 11.8 Å². The van der Waals surface area contributed by atoms with Crippen LogP contribution in [0.3, 0.4) is 0 Å². The summed E-state index contributed by atoms with van der Waals surface area (Å²) < 4.78 is 0. The van der Waals surface area contributed by atoms with E-state index in [2.05, 4.69) is 12.1 Å². The van der Waals surface area contributed by atoms with Gasteiger partial charge in [-0.1, -0.05) is 60.7 Å². The van der Waals surface area contributed by atoms with Crippen LogP contribution in [0.1, 0.15) is 23.7 Å². The number of likely N-dealkylation sites (tertiary alicyclic amines) is 1. The third-order valence-electron chi connectivity index (χ3n) is 3.86. The molecule has 4 heteroatoms. The fourth-order valence-corrected chi connectivity index (χ4v) is 3.75. The molecular formula is C18H19NO2S. The summed E-state index contributed by atoms with van der Waals surface area (Å²) in [4.78, 5) is 13.6. The number of aliphatic hydroxyl groups excluding tert-OH is 1. The third-order valence-corrected chi connectivity index (χ3v) is 5.16. The SMILES string of the molecule is O=C1CC(SCc2ccccc2)N1CC(O)c1ccccc1. The van der Waals surface area contributed by atoms with Crippen LogP contribution >= 0.6 is 11.8 Å². The Morgan fingerprint density at radius 1 is 1.09 bits per heavy atom. The van der Waals surface area contributed by atoms with Gasteiger partial charge in [-0.05, 0) is 11.1 Å². The molecule has 22 heavy (non-hydrogen) atoms. The van der Waals surface area contributed by atoms with E-state index in [4.69, 9.17) is 0 Å². The average Bonchev–Trinajstić information content (AvgIpc) is 2.58. The molecule has 1 aliphatic heterocycles.